The third-order valence-corrected chi connectivity index (χ3v) is 5.26. The lowest BCUT2D eigenvalue weighted by molar-refractivity contribution is -0.133. The van der Waals surface area contributed by atoms with Crippen LogP contribution in [-0.2, 0) is 4.79 Å². The van der Waals surface area contributed by atoms with E-state index >= 15 is 0 Å². The van der Waals surface area contributed by atoms with Crippen molar-refractivity contribution in [1.29, 1.82) is 0 Å². The number of amides is 3. The van der Waals surface area contributed by atoms with Crippen LogP contribution < -0.4 is 14.8 Å². The number of halogens is 1. The lowest BCUT2D eigenvalue weighted by Crippen LogP contribution is -2.45. The highest BCUT2D eigenvalue weighted by atomic mass is 19.1. The first-order valence-corrected chi connectivity index (χ1v) is 10.4. The molecule has 2 aliphatic heterocycles. The lowest BCUT2D eigenvalue weighted by Gasteiger charge is -2.25. The first kappa shape index (κ1) is 21.6. The summed E-state index contributed by atoms with van der Waals surface area (Å²) in [5.41, 5.74) is 2.23. The summed E-state index contributed by atoms with van der Waals surface area (Å²) < 4.78 is 24.3. The minimum atomic E-state index is -0.390. The highest BCUT2D eigenvalue weighted by Crippen LogP contribution is 2.39. The average molecular weight is 440 g/mol. The SMILES string of the molecule is CC(C)NC(=O)N(C)CC(=O)N1N=C(c2ccc(F)cc2)C[C@H]1c1ccc2c(c1)OCO2. The van der Waals surface area contributed by atoms with E-state index in [9.17, 15) is 14.0 Å². The van der Waals surface area contributed by atoms with Crippen molar-refractivity contribution < 1.29 is 23.5 Å². The number of nitrogens with zero attached hydrogens (tertiary/aromatic N) is 3. The number of hydrogen-bond donors (Lipinski definition) is 1. The van der Waals surface area contributed by atoms with Gasteiger partial charge in [0, 0.05) is 19.5 Å². The van der Waals surface area contributed by atoms with Crippen molar-refractivity contribution in [3.05, 3.63) is 59.4 Å². The minimum Gasteiger partial charge on any atom is -0.454 e. The normalized spacial score (nSPS) is 16.8. The Labute approximate surface area is 185 Å². The first-order valence-electron chi connectivity index (χ1n) is 10.4. The van der Waals surface area contributed by atoms with Gasteiger partial charge in [0.1, 0.15) is 12.4 Å². The fraction of sp³-hybridized carbons (Fsp3) is 0.348. The van der Waals surface area contributed by atoms with E-state index in [2.05, 4.69) is 10.4 Å². The molecule has 0 unspecified atom stereocenters. The number of ether oxygens (including phenoxy) is 2. The molecule has 0 aliphatic carbocycles. The number of urea groups is 1. The third-order valence-electron chi connectivity index (χ3n) is 5.26. The number of rotatable bonds is 5. The lowest BCUT2D eigenvalue weighted by atomic mass is 9.98. The zero-order chi connectivity index (χ0) is 22.8. The molecule has 9 heteroatoms. The topological polar surface area (TPSA) is 83.5 Å². The summed E-state index contributed by atoms with van der Waals surface area (Å²) in [4.78, 5) is 26.7. The van der Waals surface area contributed by atoms with Crippen LogP contribution in [0.1, 0.15) is 37.4 Å². The Bertz CT molecular complexity index is 1050. The fourth-order valence-corrected chi connectivity index (χ4v) is 3.64. The van der Waals surface area contributed by atoms with Gasteiger partial charge in [0.2, 0.25) is 6.79 Å². The van der Waals surface area contributed by atoms with Crippen LogP contribution in [-0.4, -0.2) is 54.0 Å². The monoisotopic (exact) mass is 440 g/mol. The molecule has 2 heterocycles. The van der Waals surface area contributed by atoms with Gasteiger partial charge in [-0.3, -0.25) is 4.79 Å². The molecule has 0 radical (unpaired) electrons. The molecule has 0 saturated heterocycles. The highest BCUT2D eigenvalue weighted by molar-refractivity contribution is 6.03. The number of carbonyl (C=O) groups excluding carboxylic acids is 2. The van der Waals surface area contributed by atoms with Crippen LogP contribution in [0.5, 0.6) is 11.5 Å². The fourth-order valence-electron chi connectivity index (χ4n) is 3.64. The zero-order valence-electron chi connectivity index (χ0n) is 18.2. The number of benzene rings is 2. The van der Waals surface area contributed by atoms with Gasteiger partial charge >= 0.3 is 6.03 Å². The van der Waals surface area contributed by atoms with Gasteiger partial charge in [-0.25, -0.2) is 14.2 Å². The van der Waals surface area contributed by atoms with Gasteiger partial charge in [0.05, 0.1) is 11.8 Å². The second-order valence-corrected chi connectivity index (χ2v) is 8.08. The summed E-state index contributed by atoms with van der Waals surface area (Å²) >= 11 is 0. The Balaban J connectivity index is 1.60. The molecule has 2 aliphatic rings. The predicted molar refractivity (Wildman–Crippen MR) is 116 cm³/mol. The largest absolute Gasteiger partial charge is 0.454 e. The summed E-state index contributed by atoms with van der Waals surface area (Å²) in [5.74, 6) is 0.588. The molecule has 8 nitrogen and oxygen atoms in total. The van der Waals surface area contributed by atoms with Crippen LogP contribution in [0.2, 0.25) is 0 Å². The number of hydrogen-bond acceptors (Lipinski definition) is 5. The number of hydrazone groups is 1. The average Bonchev–Trinajstić information content (AvgIpc) is 3.40. The number of likely N-dealkylation sites (N-methyl/N-ethyl adjacent to an activating group) is 1. The maximum absolute atomic E-state index is 13.4. The molecule has 1 N–H and O–H groups in total. The molecular formula is C23H25FN4O4. The molecular weight excluding hydrogens is 415 g/mol. The van der Waals surface area contributed by atoms with Crippen molar-refractivity contribution in [1.82, 2.24) is 15.2 Å². The van der Waals surface area contributed by atoms with Crippen molar-refractivity contribution in [2.45, 2.75) is 32.4 Å². The van der Waals surface area contributed by atoms with Crippen LogP contribution in [0.3, 0.4) is 0 Å². The van der Waals surface area contributed by atoms with Gasteiger partial charge in [-0.05, 0) is 49.2 Å². The van der Waals surface area contributed by atoms with Crippen LogP contribution >= 0.6 is 0 Å². The molecule has 2 aromatic carbocycles. The summed E-state index contributed by atoms with van der Waals surface area (Å²) in [5, 5.41) is 8.72. The van der Waals surface area contributed by atoms with Gasteiger partial charge in [-0.2, -0.15) is 5.10 Å². The Hall–Kier alpha value is -3.62. The Morgan fingerprint density at radius 2 is 1.91 bits per heavy atom. The Morgan fingerprint density at radius 3 is 2.62 bits per heavy atom. The van der Waals surface area contributed by atoms with E-state index < -0.39 is 6.04 Å². The highest BCUT2D eigenvalue weighted by Gasteiger charge is 2.34. The molecule has 0 spiro atoms. The second-order valence-electron chi connectivity index (χ2n) is 8.08. The van der Waals surface area contributed by atoms with Gasteiger partial charge < -0.3 is 19.7 Å². The smallest absolute Gasteiger partial charge is 0.317 e. The summed E-state index contributed by atoms with van der Waals surface area (Å²) in [6.45, 7) is 3.71. The van der Waals surface area contributed by atoms with Crippen LogP contribution in [0.4, 0.5) is 9.18 Å². The van der Waals surface area contributed by atoms with Crippen LogP contribution in [0.25, 0.3) is 0 Å². The van der Waals surface area contributed by atoms with Gasteiger partial charge in [-0.1, -0.05) is 18.2 Å². The second kappa shape index (κ2) is 8.86. The van der Waals surface area contributed by atoms with Crippen molar-refractivity contribution in [3.63, 3.8) is 0 Å². The van der Waals surface area contributed by atoms with E-state index in [1.54, 1.807) is 25.2 Å². The van der Waals surface area contributed by atoms with E-state index in [0.29, 0.717) is 23.6 Å². The molecule has 4 rings (SSSR count). The zero-order valence-corrected chi connectivity index (χ0v) is 18.2. The maximum atomic E-state index is 13.4. The van der Waals surface area contributed by atoms with E-state index in [1.165, 1.54) is 22.0 Å². The number of fused-ring (bicyclic) bond motifs is 1. The van der Waals surface area contributed by atoms with Crippen molar-refractivity contribution in [3.8, 4) is 11.5 Å². The molecule has 1 atom stereocenters. The van der Waals surface area contributed by atoms with Crippen molar-refractivity contribution in [2.24, 2.45) is 5.10 Å². The minimum absolute atomic E-state index is 0.0451. The molecule has 2 aromatic rings. The summed E-state index contributed by atoms with van der Waals surface area (Å²) in [6, 6.07) is 10.7. The molecule has 0 fully saturated rings. The van der Waals surface area contributed by atoms with E-state index in [0.717, 1.165) is 11.1 Å². The van der Waals surface area contributed by atoms with Crippen LogP contribution in [0.15, 0.2) is 47.6 Å². The molecule has 0 saturated carbocycles. The maximum Gasteiger partial charge on any atom is 0.317 e. The molecule has 0 aromatic heterocycles. The predicted octanol–water partition coefficient (Wildman–Crippen LogP) is 3.28. The quantitative estimate of drug-likeness (QED) is 0.774. The van der Waals surface area contributed by atoms with Crippen LogP contribution in [0, 0.1) is 5.82 Å². The van der Waals surface area contributed by atoms with Crippen molar-refractivity contribution in [2.75, 3.05) is 20.4 Å². The number of nitrogens with one attached hydrogen (secondary N) is 1. The first-order chi connectivity index (χ1) is 15.3. The molecule has 168 valence electrons. The van der Waals surface area contributed by atoms with Gasteiger partial charge in [0.25, 0.3) is 5.91 Å². The van der Waals surface area contributed by atoms with Gasteiger partial charge in [0.15, 0.2) is 11.5 Å². The third kappa shape index (κ3) is 4.51. The van der Waals surface area contributed by atoms with Gasteiger partial charge in [-0.15, -0.1) is 0 Å². The molecule has 0 bridgehead atoms. The van der Waals surface area contributed by atoms with E-state index in [-0.39, 0.29) is 37.1 Å². The Morgan fingerprint density at radius 1 is 1.19 bits per heavy atom. The molecule has 32 heavy (non-hydrogen) atoms. The Kier molecular flexibility index (Phi) is 5.98. The van der Waals surface area contributed by atoms with E-state index in [4.69, 9.17) is 9.47 Å². The summed E-state index contributed by atoms with van der Waals surface area (Å²) in [7, 11) is 1.56. The standard InChI is InChI=1S/C23H25FN4O4/c1-14(2)25-23(30)27(3)12-22(29)28-19(16-6-9-20-21(10-16)32-13-31-20)11-18(26-28)15-4-7-17(24)8-5-15/h4-10,14,19H,11-13H2,1-3H3,(H,25,30)/t19-/m0/s1. The number of carbonyl (C=O) groups is 2. The van der Waals surface area contributed by atoms with E-state index in [1.807, 2.05) is 26.0 Å². The summed E-state index contributed by atoms with van der Waals surface area (Å²) in [6.07, 6.45) is 0.443. The molecule has 3 amide bonds. The van der Waals surface area contributed by atoms with Crippen molar-refractivity contribution >= 4 is 17.6 Å².